The molecule has 22 heavy (non-hydrogen) atoms. The SMILES string of the molecule is CCCc1nc(C(=O)N2CCN(C3CCSCC3)CC2)cs1. The van der Waals surface area contributed by atoms with Crippen LogP contribution in [0.15, 0.2) is 5.38 Å². The standard InChI is InChI=1S/C16H25N3OS2/c1-2-3-15-17-14(12-22-15)16(20)19-8-6-18(7-9-19)13-4-10-21-11-5-13/h12-13H,2-11H2,1H3. The molecule has 0 radical (unpaired) electrons. The van der Waals surface area contributed by atoms with E-state index in [1.807, 2.05) is 10.3 Å². The lowest BCUT2D eigenvalue weighted by Crippen LogP contribution is -2.52. The first kappa shape index (κ1) is 16.3. The highest BCUT2D eigenvalue weighted by molar-refractivity contribution is 7.99. The Kier molecular flexibility index (Phi) is 5.77. The largest absolute Gasteiger partial charge is 0.335 e. The Morgan fingerprint density at radius 2 is 2.00 bits per heavy atom. The Balaban J connectivity index is 1.52. The topological polar surface area (TPSA) is 36.4 Å². The van der Waals surface area contributed by atoms with E-state index < -0.39 is 0 Å². The predicted molar refractivity (Wildman–Crippen MR) is 93.9 cm³/mol. The average Bonchev–Trinajstić information content (AvgIpc) is 3.04. The molecule has 2 saturated heterocycles. The number of hydrogen-bond acceptors (Lipinski definition) is 5. The zero-order valence-electron chi connectivity index (χ0n) is 13.3. The van der Waals surface area contributed by atoms with Crippen molar-refractivity contribution in [3.63, 3.8) is 0 Å². The summed E-state index contributed by atoms with van der Waals surface area (Å²) in [7, 11) is 0. The van der Waals surface area contributed by atoms with Gasteiger partial charge in [0.15, 0.2) is 0 Å². The molecule has 6 heteroatoms. The molecular formula is C16H25N3OS2. The van der Waals surface area contributed by atoms with Gasteiger partial charge in [-0.15, -0.1) is 11.3 Å². The third-order valence-corrected chi connectivity index (χ3v) is 6.50. The summed E-state index contributed by atoms with van der Waals surface area (Å²) in [4.78, 5) is 21.6. The van der Waals surface area contributed by atoms with Crippen molar-refractivity contribution >= 4 is 29.0 Å². The number of piperazine rings is 1. The van der Waals surface area contributed by atoms with Crippen LogP contribution in [0.25, 0.3) is 0 Å². The average molecular weight is 340 g/mol. The molecule has 3 rings (SSSR count). The Morgan fingerprint density at radius 3 is 2.68 bits per heavy atom. The minimum absolute atomic E-state index is 0.123. The van der Waals surface area contributed by atoms with Crippen LogP contribution in [0.1, 0.15) is 41.7 Å². The van der Waals surface area contributed by atoms with Crippen molar-refractivity contribution in [1.82, 2.24) is 14.8 Å². The fourth-order valence-corrected chi connectivity index (χ4v) is 5.20. The molecule has 3 heterocycles. The van der Waals surface area contributed by atoms with Crippen LogP contribution in [0, 0.1) is 0 Å². The molecular weight excluding hydrogens is 314 g/mol. The van der Waals surface area contributed by atoms with Crippen molar-refractivity contribution in [1.29, 1.82) is 0 Å². The van der Waals surface area contributed by atoms with Gasteiger partial charge in [-0.1, -0.05) is 6.92 Å². The molecule has 2 fully saturated rings. The highest BCUT2D eigenvalue weighted by atomic mass is 32.2. The van der Waals surface area contributed by atoms with E-state index >= 15 is 0 Å². The summed E-state index contributed by atoms with van der Waals surface area (Å²) in [6.07, 6.45) is 4.68. The third kappa shape index (κ3) is 3.84. The molecule has 2 aliphatic heterocycles. The summed E-state index contributed by atoms with van der Waals surface area (Å²) in [5.74, 6) is 2.71. The second-order valence-corrected chi connectivity index (χ2v) is 8.22. The molecule has 122 valence electrons. The Hall–Kier alpha value is -0.590. The molecule has 0 saturated carbocycles. The van der Waals surface area contributed by atoms with Crippen LogP contribution in [0.3, 0.4) is 0 Å². The summed E-state index contributed by atoms with van der Waals surface area (Å²) in [6.45, 7) is 5.89. The van der Waals surface area contributed by atoms with E-state index in [2.05, 4.69) is 28.6 Å². The van der Waals surface area contributed by atoms with E-state index in [1.54, 1.807) is 11.3 Å². The van der Waals surface area contributed by atoms with E-state index in [0.717, 1.165) is 50.1 Å². The zero-order chi connectivity index (χ0) is 15.4. The van der Waals surface area contributed by atoms with Crippen molar-refractivity contribution in [3.05, 3.63) is 16.1 Å². The minimum Gasteiger partial charge on any atom is -0.335 e. The molecule has 0 bridgehead atoms. The van der Waals surface area contributed by atoms with Crippen LogP contribution in [-0.4, -0.2) is 64.4 Å². The number of aromatic nitrogens is 1. The van der Waals surface area contributed by atoms with Crippen LogP contribution in [0.4, 0.5) is 0 Å². The smallest absolute Gasteiger partial charge is 0.273 e. The van der Waals surface area contributed by atoms with Crippen LogP contribution in [-0.2, 0) is 6.42 Å². The maximum absolute atomic E-state index is 12.5. The lowest BCUT2D eigenvalue weighted by atomic mass is 10.1. The zero-order valence-corrected chi connectivity index (χ0v) is 14.9. The van der Waals surface area contributed by atoms with Gasteiger partial charge in [0.25, 0.3) is 5.91 Å². The van der Waals surface area contributed by atoms with Crippen LogP contribution in [0.2, 0.25) is 0 Å². The van der Waals surface area contributed by atoms with Gasteiger partial charge in [0.1, 0.15) is 5.69 Å². The van der Waals surface area contributed by atoms with Crippen molar-refractivity contribution in [3.8, 4) is 0 Å². The van der Waals surface area contributed by atoms with E-state index in [1.165, 1.54) is 24.3 Å². The predicted octanol–water partition coefficient (Wildman–Crippen LogP) is 2.75. The number of aryl methyl sites for hydroxylation is 1. The normalized spacial score (nSPS) is 21.2. The number of thiazole rings is 1. The first-order chi connectivity index (χ1) is 10.8. The molecule has 2 aliphatic rings. The second kappa shape index (κ2) is 7.79. The first-order valence-corrected chi connectivity index (χ1v) is 10.4. The third-order valence-electron chi connectivity index (χ3n) is 4.54. The Bertz CT molecular complexity index is 491. The molecule has 4 nitrogen and oxygen atoms in total. The fraction of sp³-hybridized carbons (Fsp3) is 0.750. The van der Waals surface area contributed by atoms with Crippen molar-refractivity contribution in [2.45, 2.75) is 38.6 Å². The number of carbonyl (C=O) groups excluding carboxylic acids is 1. The van der Waals surface area contributed by atoms with E-state index in [9.17, 15) is 4.79 Å². The van der Waals surface area contributed by atoms with Gasteiger partial charge in [0.05, 0.1) is 5.01 Å². The molecule has 1 amide bonds. The highest BCUT2D eigenvalue weighted by Crippen LogP contribution is 2.23. The number of nitrogens with zero attached hydrogens (tertiary/aromatic N) is 3. The van der Waals surface area contributed by atoms with E-state index in [0.29, 0.717) is 5.69 Å². The maximum Gasteiger partial charge on any atom is 0.273 e. The van der Waals surface area contributed by atoms with Gasteiger partial charge < -0.3 is 4.90 Å². The quantitative estimate of drug-likeness (QED) is 0.845. The van der Waals surface area contributed by atoms with Crippen molar-refractivity contribution in [2.24, 2.45) is 0 Å². The summed E-state index contributed by atoms with van der Waals surface area (Å²) >= 11 is 3.69. The monoisotopic (exact) mass is 339 g/mol. The number of rotatable bonds is 4. The van der Waals surface area contributed by atoms with E-state index in [-0.39, 0.29) is 5.91 Å². The molecule has 0 N–H and O–H groups in total. The number of thioether (sulfide) groups is 1. The Labute approximate surface area is 141 Å². The summed E-state index contributed by atoms with van der Waals surface area (Å²) in [5, 5.41) is 3.02. The van der Waals surface area contributed by atoms with Crippen molar-refractivity contribution < 1.29 is 4.79 Å². The van der Waals surface area contributed by atoms with Crippen LogP contribution < -0.4 is 0 Å². The van der Waals surface area contributed by atoms with Gasteiger partial charge in [0.2, 0.25) is 0 Å². The summed E-state index contributed by atoms with van der Waals surface area (Å²) < 4.78 is 0. The van der Waals surface area contributed by atoms with Crippen LogP contribution in [0.5, 0.6) is 0 Å². The van der Waals surface area contributed by atoms with Gasteiger partial charge in [-0.3, -0.25) is 9.69 Å². The summed E-state index contributed by atoms with van der Waals surface area (Å²) in [5.41, 5.74) is 0.649. The van der Waals surface area contributed by atoms with E-state index in [4.69, 9.17) is 0 Å². The molecule has 0 aromatic carbocycles. The molecule has 0 unspecified atom stereocenters. The second-order valence-electron chi connectivity index (χ2n) is 6.05. The van der Waals surface area contributed by atoms with Gasteiger partial charge in [0, 0.05) is 37.6 Å². The van der Waals surface area contributed by atoms with Gasteiger partial charge in [-0.05, 0) is 37.2 Å². The van der Waals surface area contributed by atoms with Crippen molar-refractivity contribution in [2.75, 3.05) is 37.7 Å². The fourth-order valence-electron chi connectivity index (χ4n) is 3.24. The molecule has 0 atom stereocenters. The maximum atomic E-state index is 12.5. The summed E-state index contributed by atoms with van der Waals surface area (Å²) in [6, 6.07) is 0.744. The lowest BCUT2D eigenvalue weighted by Gasteiger charge is -2.40. The van der Waals surface area contributed by atoms with Gasteiger partial charge in [-0.25, -0.2) is 4.98 Å². The molecule has 1 aromatic rings. The number of carbonyl (C=O) groups is 1. The molecule has 0 aliphatic carbocycles. The van der Waals surface area contributed by atoms with Crippen LogP contribution >= 0.6 is 23.1 Å². The minimum atomic E-state index is 0.123. The van der Waals surface area contributed by atoms with Gasteiger partial charge in [-0.2, -0.15) is 11.8 Å². The molecule has 1 aromatic heterocycles. The molecule has 0 spiro atoms. The first-order valence-electron chi connectivity index (χ1n) is 8.33. The lowest BCUT2D eigenvalue weighted by molar-refractivity contribution is 0.0554. The number of hydrogen-bond donors (Lipinski definition) is 0. The number of amides is 1. The highest BCUT2D eigenvalue weighted by Gasteiger charge is 2.28. The Morgan fingerprint density at radius 1 is 1.27 bits per heavy atom. The van der Waals surface area contributed by atoms with Gasteiger partial charge >= 0.3 is 0 Å².